The van der Waals surface area contributed by atoms with Crippen molar-refractivity contribution in [1.82, 2.24) is 4.98 Å². The molecule has 1 aromatic heterocycles. The van der Waals surface area contributed by atoms with Crippen molar-refractivity contribution in [1.29, 1.82) is 0 Å². The van der Waals surface area contributed by atoms with Crippen LogP contribution in [0.5, 0.6) is 0 Å². The fraction of sp³-hybridized carbons (Fsp3) is 0.455. The van der Waals surface area contributed by atoms with E-state index in [0.717, 1.165) is 15.7 Å². The van der Waals surface area contributed by atoms with Crippen molar-refractivity contribution >= 4 is 21.7 Å². The van der Waals surface area contributed by atoms with E-state index in [2.05, 4.69) is 20.9 Å². The summed E-state index contributed by atoms with van der Waals surface area (Å²) in [6, 6.07) is 1.99. The standard InChI is InChI=1S/C11H12BrNO2/c1-7-4-8(12)6-13-11(7)10-5-9(14)2-3-15-10/h4,6,10H,2-3,5H2,1H3. The van der Waals surface area contributed by atoms with Crippen molar-refractivity contribution in [3.63, 3.8) is 0 Å². The van der Waals surface area contributed by atoms with E-state index in [4.69, 9.17) is 4.74 Å². The van der Waals surface area contributed by atoms with Gasteiger partial charge in [-0.15, -0.1) is 0 Å². The first-order valence-electron chi connectivity index (χ1n) is 4.92. The molecule has 80 valence electrons. The van der Waals surface area contributed by atoms with Crippen LogP contribution in [0.3, 0.4) is 0 Å². The lowest BCUT2D eigenvalue weighted by Gasteiger charge is -2.22. The molecule has 1 fully saturated rings. The summed E-state index contributed by atoms with van der Waals surface area (Å²) >= 11 is 3.36. The van der Waals surface area contributed by atoms with Gasteiger partial charge in [-0.2, -0.15) is 0 Å². The Bertz CT molecular complexity index is 392. The van der Waals surface area contributed by atoms with E-state index in [9.17, 15) is 4.79 Å². The van der Waals surface area contributed by atoms with Gasteiger partial charge in [0.2, 0.25) is 0 Å². The highest BCUT2D eigenvalue weighted by Gasteiger charge is 2.23. The van der Waals surface area contributed by atoms with Gasteiger partial charge in [0.25, 0.3) is 0 Å². The van der Waals surface area contributed by atoms with E-state index in [1.54, 1.807) is 6.20 Å². The van der Waals surface area contributed by atoms with Gasteiger partial charge < -0.3 is 4.74 Å². The van der Waals surface area contributed by atoms with Gasteiger partial charge in [0.1, 0.15) is 11.9 Å². The fourth-order valence-electron chi connectivity index (χ4n) is 1.75. The van der Waals surface area contributed by atoms with E-state index >= 15 is 0 Å². The summed E-state index contributed by atoms with van der Waals surface area (Å²) in [5.74, 6) is 0.260. The molecule has 2 heterocycles. The summed E-state index contributed by atoms with van der Waals surface area (Å²) in [6.45, 7) is 2.50. The second-order valence-corrected chi connectivity index (χ2v) is 4.62. The first-order valence-corrected chi connectivity index (χ1v) is 5.71. The van der Waals surface area contributed by atoms with E-state index in [1.807, 2.05) is 13.0 Å². The predicted octanol–water partition coefficient (Wildman–Crippen LogP) is 2.57. The third-order valence-corrected chi connectivity index (χ3v) is 2.94. The van der Waals surface area contributed by atoms with Crippen LogP contribution in [0.25, 0.3) is 0 Å². The average molecular weight is 270 g/mol. The summed E-state index contributed by atoms with van der Waals surface area (Å²) in [7, 11) is 0. The van der Waals surface area contributed by atoms with Crippen molar-refractivity contribution in [2.75, 3.05) is 6.61 Å². The second kappa shape index (κ2) is 4.41. The van der Waals surface area contributed by atoms with Crippen LogP contribution in [0.1, 0.15) is 30.2 Å². The monoisotopic (exact) mass is 269 g/mol. The van der Waals surface area contributed by atoms with Crippen LogP contribution in [-0.4, -0.2) is 17.4 Å². The number of rotatable bonds is 1. The van der Waals surface area contributed by atoms with Crippen LogP contribution in [0, 0.1) is 6.92 Å². The summed E-state index contributed by atoms with van der Waals surface area (Å²) in [5.41, 5.74) is 1.94. The van der Waals surface area contributed by atoms with Crippen LogP contribution in [0.4, 0.5) is 0 Å². The Morgan fingerprint density at radius 3 is 3.07 bits per heavy atom. The van der Waals surface area contributed by atoms with E-state index in [1.165, 1.54) is 0 Å². The lowest BCUT2D eigenvalue weighted by Crippen LogP contribution is -2.20. The maximum atomic E-state index is 11.3. The minimum atomic E-state index is -0.153. The molecule has 0 N–H and O–H groups in total. The van der Waals surface area contributed by atoms with E-state index in [-0.39, 0.29) is 11.9 Å². The number of ketones is 1. The minimum absolute atomic E-state index is 0.153. The normalized spacial score (nSPS) is 21.7. The Hall–Kier alpha value is -0.740. The molecule has 0 spiro atoms. The molecule has 0 aliphatic carbocycles. The number of nitrogens with zero attached hydrogens (tertiary/aromatic N) is 1. The van der Waals surface area contributed by atoms with Crippen LogP contribution in [0.2, 0.25) is 0 Å². The molecule has 4 heteroatoms. The van der Waals surface area contributed by atoms with Crippen LogP contribution >= 0.6 is 15.9 Å². The van der Waals surface area contributed by atoms with E-state index in [0.29, 0.717) is 19.4 Å². The number of ether oxygens (including phenoxy) is 1. The zero-order valence-electron chi connectivity index (χ0n) is 8.50. The topological polar surface area (TPSA) is 39.2 Å². The minimum Gasteiger partial charge on any atom is -0.371 e. The van der Waals surface area contributed by atoms with Gasteiger partial charge in [-0.1, -0.05) is 0 Å². The summed E-state index contributed by atoms with van der Waals surface area (Å²) in [4.78, 5) is 15.6. The SMILES string of the molecule is Cc1cc(Br)cnc1C1CC(=O)CCO1. The van der Waals surface area contributed by atoms with Crippen LogP contribution in [-0.2, 0) is 9.53 Å². The smallest absolute Gasteiger partial charge is 0.138 e. The number of hydrogen-bond donors (Lipinski definition) is 0. The summed E-state index contributed by atoms with van der Waals surface area (Å²) in [5, 5.41) is 0. The van der Waals surface area contributed by atoms with Crippen molar-refractivity contribution in [3.8, 4) is 0 Å². The van der Waals surface area contributed by atoms with Crippen molar-refractivity contribution in [2.45, 2.75) is 25.9 Å². The highest BCUT2D eigenvalue weighted by Crippen LogP contribution is 2.27. The molecule has 1 aromatic rings. The number of hydrogen-bond acceptors (Lipinski definition) is 3. The zero-order chi connectivity index (χ0) is 10.8. The molecule has 0 bridgehead atoms. The van der Waals surface area contributed by atoms with Crippen molar-refractivity contribution in [3.05, 3.63) is 28.0 Å². The largest absolute Gasteiger partial charge is 0.371 e. The summed E-state index contributed by atoms with van der Waals surface area (Å²) < 4.78 is 6.51. The number of pyridine rings is 1. The van der Waals surface area contributed by atoms with Crippen molar-refractivity contribution in [2.24, 2.45) is 0 Å². The molecule has 1 aliphatic rings. The number of halogens is 1. The number of aromatic nitrogens is 1. The molecule has 15 heavy (non-hydrogen) atoms. The molecular weight excluding hydrogens is 258 g/mol. The van der Waals surface area contributed by atoms with Gasteiger partial charge >= 0.3 is 0 Å². The molecule has 0 amide bonds. The maximum absolute atomic E-state index is 11.3. The van der Waals surface area contributed by atoms with Gasteiger partial charge in [-0.3, -0.25) is 9.78 Å². The quantitative estimate of drug-likeness (QED) is 0.787. The first kappa shape index (κ1) is 10.8. The lowest BCUT2D eigenvalue weighted by molar-refractivity contribution is -0.128. The highest BCUT2D eigenvalue weighted by molar-refractivity contribution is 9.10. The molecule has 2 rings (SSSR count). The number of carbonyl (C=O) groups is 1. The molecular formula is C11H12BrNO2. The lowest BCUT2D eigenvalue weighted by atomic mass is 10.0. The molecule has 1 atom stereocenters. The molecule has 3 nitrogen and oxygen atoms in total. The van der Waals surface area contributed by atoms with E-state index < -0.39 is 0 Å². The Balaban J connectivity index is 2.24. The molecule has 0 radical (unpaired) electrons. The first-order chi connectivity index (χ1) is 7.16. The summed E-state index contributed by atoms with van der Waals surface area (Å²) in [6.07, 6.45) is 2.58. The third-order valence-electron chi connectivity index (χ3n) is 2.50. The predicted molar refractivity (Wildman–Crippen MR) is 59.6 cm³/mol. The molecule has 1 saturated heterocycles. The third kappa shape index (κ3) is 2.44. The highest BCUT2D eigenvalue weighted by atomic mass is 79.9. The second-order valence-electron chi connectivity index (χ2n) is 3.71. The molecule has 1 unspecified atom stereocenters. The maximum Gasteiger partial charge on any atom is 0.138 e. The number of carbonyl (C=O) groups excluding carboxylic acids is 1. The molecule has 1 aliphatic heterocycles. The Labute approximate surface area is 97.0 Å². The number of aryl methyl sites for hydroxylation is 1. The molecule has 0 saturated carbocycles. The van der Waals surface area contributed by atoms with Crippen LogP contribution in [0.15, 0.2) is 16.7 Å². The van der Waals surface area contributed by atoms with Gasteiger partial charge in [0, 0.05) is 23.5 Å². The zero-order valence-corrected chi connectivity index (χ0v) is 10.1. The Morgan fingerprint density at radius 2 is 2.40 bits per heavy atom. The number of Topliss-reactive ketones (excluding diaryl/α,β-unsaturated/α-hetero) is 1. The average Bonchev–Trinajstić information content (AvgIpc) is 2.17. The fourth-order valence-corrected chi connectivity index (χ4v) is 2.19. The van der Waals surface area contributed by atoms with Gasteiger partial charge in [0.05, 0.1) is 12.3 Å². The van der Waals surface area contributed by atoms with Crippen LogP contribution < -0.4 is 0 Å². The Morgan fingerprint density at radius 1 is 1.60 bits per heavy atom. The van der Waals surface area contributed by atoms with Gasteiger partial charge in [-0.05, 0) is 34.5 Å². The Kier molecular flexibility index (Phi) is 3.17. The van der Waals surface area contributed by atoms with Crippen molar-refractivity contribution < 1.29 is 9.53 Å². The molecule has 0 aromatic carbocycles. The van der Waals surface area contributed by atoms with Gasteiger partial charge in [0.15, 0.2) is 0 Å². The van der Waals surface area contributed by atoms with Gasteiger partial charge in [-0.25, -0.2) is 0 Å².